The van der Waals surface area contributed by atoms with Crippen LogP contribution in [0.25, 0.3) is 0 Å². The van der Waals surface area contributed by atoms with Gasteiger partial charge in [0.05, 0.1) is 5.41 Å². The minimum atomic E-state index is -0.356. The van der Waals surface area contributed by atoms with E-state index in [1.54, 1.807) is 11.3 Å². The Labute approximate surface area is 134 Å². The normalized spacial score (nSPS) is 16.9. The Morgan fingerprint density at radius 3 is 2.67 bits per heavy atom. The second-order valence-electron chi connectivity index (χ2n) is 5.68. The predicted octanol–water partition coefficient (Wildman–Crippen LogP) is 5.16. The molecule has 0 spiro atoms. The Hall–Kier alpha value is -1.32. The number of nitrogens with one attached hydrogen (secondary N) is 1. The summed E-state index contributed by atoms with van der Waals surface area (Å²) in [5.41, 5.74) is 1.44. The number of anilines is 1. The lowest BCUT2D eigenvalue weighted by Gasteiger charge is -2.26. The van der Waals surface area contributed by atoms with Gasteiger partial charge in [0.2, 0.25) is 5.91 Å². The average molecular weight is 320 g/mol. The lowest BCUT2D eigenvalue weighted by molar-refractivity contribution is -0.121. The van der Waals surface area contributed by atoms with Crippen molar-refractivity contribution in [1.29, 1.82) is 0 Å². The van der Waals surface area contributed by atoms with Gasteiger partial charge in [-0.2, -0.15) is 0 Å². The fourth-order valence-electron chi connectivity index (χ4n) is 3.04. The first kappa shape index (κ1) is 14.6. The van der Waals surface area contributed by atoms with Crippen molar-refractivity contribution in [1.82, 2.24) is 0 Å². The highest BCUT2D eigenvalue weighted by Gasteiger charge is 2.43. The van der Waals surface area contributed by atoms with Gasteiger partial charge in [0.1, 0.15) is 0 Å². The maximum absolute atomic E-state index is 12.9. The predicted molar refractivity (Wildman–Crippen MR) is 89.3 cm³/mol. The van der Waals surface area contributed by atoms with Crippen molar-refractivity contribution >= 4 is 34.5 Å². The van der Waals surface area contributed by atoms with Gasteiger partial charge >= 0.3 is 0 Å². The number of halogens is 1. The van der Waals surface area contributed by atoms with Gasteiger partial charge < -0.3 is 5.32 Å². The van der Waals surface area contributed by atoms with Gasteiger partial charge in [-0.05, 0) is 48.9 Å². The van der Waals surface area contributed by atoms with Crippen molar-refractivity contribution in [3.63, 3.8) is 0 Å². The standard InChI is InChI=1S/C17H18ClNOS/c1-12-6-7-13(11-14(12)18)19-16(20)17(8-2-3-9-17)15-5-4-10-21-15/h4-7,10-11H,2-3,8-9H2,1H3,(H,19,20). The number of amides is 1. The SMILES string of the molecule is Cc1ccc(NC(=O)C2(c3cccs3)CCCC2)cc1Cl. The van der Waals surface area contributed by atoms with Crippen LogP contribution in [-0.2, 0) is 10.2 Å². The molecule has 1 aromatic heterocycles. The first-order chi connectivity index (χ1) is 10.1. The Kier molecular flexibility index (Phi) is 4.05. The number of carbonyl (C=O) groups is 1. The number of aryl methyl sites for hydroxylation is 1. The van der Waals surface area contributed by atoms with Crippen LogP contribution in [0.1, 0.15) is 36.1 Å². The summed E-state index contributed by atoms with van der Waals surface area (Å²) in [6, 6.07) is 9.78. The molecule has 0 unspecified atom stereocenters. The summed E-state index contributed by atoms with van der Waals surface area (Å²) in [5.74, 6) is 0.0994. The summed E-state index contributed by atoms with van der Waals surface area (Å²) < 4.78 is 0. The molecule has 21 heavy (non-hydrogen) atoms. The first-order valence-corrected chi connectivity index (χ1v) is 8.49. The topological polar surface area (TPSA) is 29.1 Å². The van der Waals surface area contributed by atoms with Crippen molar-refractivity contribution in [3.05, 3.63) is 51.2 Å². The molecular weight excluding hydrogens is 302 g/mol. The van der Waals surface area contributed by atoms with Crippen molar-refractivity contribution in [2.45, 2.75) is 38.0 Å². The van der Waals surface area contributed by atoms with Crippen LogP contribution < -0.4 is 5.32 Å². The van der Waals surface area contributed by atoms with Gasteiger partial charge in [0.15, 0.2) is 0 Å². The zero-order valence-electron chi connectivity index (χ0n) is 12.0. The van der Waals surface area contributed by atoms with Gasteiger partial charge in [0, 0.05) is 15.6 Å². The van der Waals surface area contributed by atoms with Crippen LogP contribution in [-0.4, -0.2) is 5.91 Å². The van der Waals surface area contributed by atoms with Gasteiger partial charge in [-0.1, -0.05) is 36.6 Å². The van der Waals surface area contributed by atoms with Crippen molar-refractivity contribution in [2.24, 2.45) is 0 Å². The van der Waals surface area contributed by atoms with Crippen molar-refractivity contribution in [2.75, 3.05) is 5.32 Å². The number of hydrogen-bond acceptors (Lipinski definition) is 2. The second-order valence-corrected chi connectivity index (χ2v) is 7.04. The molecule has 0 saturated heterocycles. The smallest absolute Gasteiger partial charge is 0.235 e. The molecule has 1 aliphatic carbocycles. The molecule has 0 atom stereocenters. The van der Waals surface area contributed by atoms with Crippen LogP contribution in [0.15, 0.2) is 35.7 Å². The zero-order valence-corrected chi connectivity index (χ0v) is 13.6. The first-order valence-electron chi connectivity index (χ1n) is 7.23. The van der Waals surface area contributed by atoms with E-state index in [4.69, 9.17) is 11.6 Å². The third-order valence-corrected chi connectivity index (χ3v) is 5.80. The molecule has 0 bridgehead atoms. The van der Waals surface area contributed by atoms with E-state index in [2.05, 4.69) is 11.4 Å². The number of benzene rings is 1. The van der Waals surface area contributed by atoms with E-state index in [1.807, 2.05) is 36.6 Å². The van der Waals surface area contributed by atoms with Crippen molar-refractivity contribution < 1.29 is 4.79 Å². The maximum Gasteiger partial charge on any atom is 0.235 e. The summed E-state index contributed by atoms with van der Waals surface area (Å²) in [5, 5.41) is 5.80. The van der Waals surface area contributed by atoms with Crippen LogP contribution in [0.3, 0.4) is 0 Å². The number of carbonyl (C=O) groups excluding carboxylic acids is 1. The average Bonchev–Trinajstić information content (AvgIpc) is 3.13. The minimum absolute atomic E-state index is 0.0994. The van der Waals surface area contributed by atoms with Crippen LogP contribution >= 0.6 is 22.9 Å². The Balaban J connectivity index is 1.87. The molecule has 1 saturated carbocycles. The number of hydrogen-bond donors (Lipinski definition) is 1. The molecule has 1 N–H and O–H groups in total. The third kappa shape index (κ3) is 2.72. The number of rotatable bonds is 3. The maximum atomic E-state index is 12.9. The summed E-state index contributed by atoms with van der Waals surface area (Å²) in [6.07, 6.45) is 4.08. The van der Waals surface area contributed by atoms with E-state index in [1.165, 1.54) is 4.88 Å². The molecule has 4 heteroatoms. The van der Waals surface area contributed by atoms with E-state index in [-0.39, 0.29) is 11.3 Å². The van der Waals surface area contributed by atoms with Crippen LogP contribution in [0.2, 0.25) is 5.02 Å². The van der Waals surface area contributed by atoms with Gasteiger partial charge in [0.25, 0.3) is 0 Å². The molecule has 3 rings (SSSR count). The Bertz CT molecular complexity index is 645. The second kappa shape index (κ2) is 5.82. The molecular formula is C17H18ClNOS. The summed E-state index contributed by atoms with van der Waals surface area (Å²) in [7, 11) is 0. The fraction of sp³-hybridized carbons (Fsp3) is 0.353. The monoisotopic (exact) mass is 319 g/mol. The van der Waals surface area contributed by atoms with Gasteiger partial charge in [-0.3, -0.25) is 4.79 Å². The molecule has 2 nitrogen and oxygen atoms in total. The quantitative estimate of drug-likeness (QED) is 0.831. The highest BCUT2D eigenvalue weighted by molar-refractivity contribution is 7.10. The summed E-state index contributed by atoms with van der Waals surface area (Å²) >= 11 is 7.82. The molecule has 1 fully saturated rings. The van der Waals surface area contributed by atoms with Crippen LogP contribution in [0.4, 0.5) is 5.69 Å². The number of thiophene rings is 1. The van der Waals surface area contributed by atoms with E-state index in [9.17, 15) is 4.79 Å². The summed E-state index contributed by atoms with van der Waals surface area (Å²) in [6.45, 7) is 1.96. The van der Waals surface area contributed by atoms with Gasteiger partial charge in [-0.25, -0.2) is 0 Å². The van der Waals surface area contributed by atoms with E-state index < -0.39 is 0 Å². The lowest BCUT2D eigenvalue weighted by Crippen LogP contribution is -2.37. The van der Waals surface area contributed by atoms with Crippen LogP contribution in [0, 0.1) is 6.92 Å². The van der Waals surface area contributed by atoms with Crippen molar-refractivity contribution in [3.8, 4) is 0 Å². The lowest BCUT2D eigenvalue weighted by atomic mass is 9.83. The molecule has 2 aromatic rings. The van der Waals surface area contributed by atoms with E-state index in [0.717, 1.165) is 36.9 Å². The molecule has 1 amide bonds. The molecule has 1 aliphatic rings. The molecule has 0 aliphatic heterocycles. The van der Waals surface area contributed by atoms with E-state index in [0.29, 0.717) is 5.02 Å². The molecule has 1 heterocycles. The Morgan fingerprint density at radius 1 is 1.29 bits per heavy atom. The minimum Gasteiger partial charge on any atom is -0.325 e. The van der Waals surface area contributed by atoms with Gasteiger partial charge in [-0.15, -0.1) is 11.3 Å². The molecule has 0 radical (unpaired) electrons. The third-order valence-electron chi connectivity index (χ3n) is 4.31. The zero-order chi connectivity index (χ0) is 14.9. The molecule has 1 aromatic carbocycles. The van der Waals surface area contributed by atoms with E-state index >= 15 is 0 Å². The highest BCUT2D eigenvalue weighted by atomic mass is 35.5. The Morgan fingerprint density at radius 2 is 2.05 bits per heavy atom. The molecule has 110 valence electrons. The summed E-state index contributed by atoms with van der Waals surface area (Å²) in [4.78, 5) is 14.1. The van der Waals surface area contributed by atoms with Crippen LogP contribution in [0.5, 0.6) is 0 Å². The highest BCUT2D eigenvalue weighted by Crippen LogP contribution is 2.44. The largest absolute Gasteiger partial charge is 0.325 e. The fourth-order valence-corrected chi connectivity index (χ4v) is 4.20.